The molecule has 2 heterocycles. The predicted molar refractivity (Wildman–Crippen MR) is 69.8 cm³/mol. The van der Waals surface area contributed by atoms with Gasteiger partial charge in [-0.2, -0.15) is 4.98 Å². The van der Waals surface area contributed by atoms with E-state index in [1.807, 2.05) is 6.92 Å². The Bertz CT molecular complexity index is 399. The number of aromatic nitrogens is 2. The zero-order valence-electron chi connectivity index (χ0n) is 11.0. The van der Waals surface area contributed by atoms with Crippen LogP contribution in [0.5, 0.6) is 0 Å². The molecular weight excluding hydrogens is 251 g/mol. The van der Waals surface area contributed by atoms with Crippen molar-refractivity contribution in [1.82, 2.24) is 9.97 Å². The van der Waals surface area contributed by atoms with Crippen LogP contribution in [0, 0.1) is 5.82 Å². The summed E-state index contributed by atoms with van der Waals surface area (Å²) in [6, 6.07) is 0. The van der Waals surface area contributed by atoms with Crippen molar-refractivity contribution in [3.8, 4) is 0 Å². The molecule has 0 radical (unpaired) electrons. The molecule has 7 heteroatoms. The van der Waals surface area contributed by atoms with Gasteiger partial charge in [0.1, 0.15) is 0 Å². The van der Waals surface area contributed by atoms with Crippen molar-refractivity contribution in [1.29, 1.82) is 0 Å². The van der Waals surface area contributed by atoms with Gasteiger partial charge in [0.15, 0.2) is 11.6 Å². The van der Waals surface area contributed by atoms with Gasteiger partial charge in [-0.15, -0.1) is 0 Å². The van der Waals surface area contributed by atoms with Crippen LogP contribution in [-0.4, -0.2) is 49.0 Å². The normalized spacial score (nSPS) is 19.2. The van der Waals surface area contributed by atoms with Crippen LogP contribution in [0.3, 0.4) is 0 Å². The lowest BCUT2D eigenvalue weighted by Gasteiger charge is -2.23. The maximum atomic E-state index is 13.6. The Kier molecular flexibility index (Phi) is 5.29. The van der Waals surface area contributed by atoms with E-state index < -0.39 is 5.82 Å². The van der Waals surface area contributed by atoms with Gasteiger partial charge < -0.3 is 20.1 Å². The highest BCUT2D eigenvalue weighted by Gasteiger charge is 2.15. The van der Waals surface area contributed by atoms with Crippen molar-refractivity contribution in [2.45, 2.75) is 19.4 Å². The minimum atomic E-state index is -0.473. The van der Waals surface area contributed by atoms with Crippen molar-refractivity contribution in [3.63, 3.8) is 0 Å². The summed E-state index contributed by atoms with van der Waals surface area (Å²) < 4.78 is 24.3. The molecule has 1 aliphatic heterocycles. The van der Waals surface area contributed by atoms with Crippen LogP contribution < -0.4 is 10.6 Å². The first-order valence-electron chi connectivity index (χ1n) is 6.49. The van der Waals surface area contributed by atoms with E-state index in [0.29, 0.717) is 32.3 Å². The number of hydrogen-bond acceptors (Lipinski definition) is 6. The Labute approximate surface area is 111 Å². The van der Waals surface area contributed by atoms with Crippen LogP contribution in [0.1, 0.15) is 13.3 Å². The van der Waals surface area contributed by atoms with Gasteiger partial charge in [0.2, 0.25) is 5.95 Å². The second kappa shape index (κ2) is 7.20. The van der Waals surface area contributed by atoms with Crippen LogP contribution in [-0.2, 0) is 9.47 Å². The predicted octanol–water partition coefficient (Wildman–Crippen LogP) is 1.26. The molecule has 2 N–H and O–H groups in total. The van der Waals surface area contributed by atoms with Crippen molar-refractivity contribution in [2.24, 2.45) is 0 Å². The van der Waals surface area contributed by atoms with E-state index in [-0.39, 0.29) is 11.9 Å². The summed E-state index contributed by atoms with van der Waals surface area (Å²) in [6.45, 7) is 4.95. The van der Waals surface area contributed by atoms with Gasteiger partial charge in [0.05, 0.1) is 32.1 Å². The Hall–Kier alpha value is -1.47. The van der Waals surface area contributed by atoms with Crippen LogP contribution in [0.25, 0.3) is 0 Å². The number of ether oxygens (including phenoxy) is 2. The summed E-state index contributed by atoms with van der Waals surface area (Å²) in [6.07, 6.45) is 2.04. The third kappa shape index (κ3) is 4.29. The lowest BCUT2D eigenvalue weighted by molar-refractivity contribution is -0.0819. The molecule has 1 aromatic rings. The summed E-state index contributed by atoms with van der Waals surface area (Å²) in [4.78, 5) is 7.97. The quantitative estimate of drug-likeness (QED) is 0.811. The molecule has 0 amide bonds. The number of nitrogens with zero attached hydrogens (tertiary/aromatic N) is 2. The number of rotatable bonds is 6. The molecule has 1 unspecified atom stereocenters. The highest BCUT2D eigenvalue weighted by atomic mass is 19.1. The molecule has 19 heavy (non-hydrogen) atoms. The minimum Gasteiger partial charge on any atom is -0.376 e. The molecular formula is C12H19FN4O2. The topological polar surface area (TPSA) is 68.3 Å². The standard InChI is InChI=1S/C12H19FN4O2/c1-2-3-14-12-16-7-10(13)11(17-12)15-6-9-8-18-4-5-19-9/h7,9H,2-6,8H2,1H3,(H2,14,15,16,17). The van der Waals surface area contributed by atoms with Crippen molar-refractivity contribution in [2.75, 3.05) is 43.5 Å². The molecule has 0 spiro atoms. The Morgan fingerprint density at radius 2 is 2.32 bits per heavy atom. The highest BCUT2D eigenvalue weighted by molar-refractivity contribution is 5.41. The summed E-state index contributed by atoms with van der Waals surface area (Å²) >= 11 is 0. The molecule has 1 saturated heterocycles. The Morgan fingerprint density at radius 3 is 3.05 bits per heavy atom. The molecule has 1 aliphatic rings. The number of halogens is 1. The molecule has 106 valence electrons. The lowest BCUT2D eigenvalue weighted by atomic mass is 10.3. The van der Waals surface area contributed by atoms with Gasteiger partial charge in [0, 0.05) is 13.1 Å². The van der Waals surface area contributed by atoms with Gasteiger partial charge in [-0.05, 0) is 6.42 Å². The molecule has 1 atom stereocenters. The second-order valence-corrected chi connectivity index (χ2v) is 4.27. The van der Waals surface area contributed by atoms with E-state index in [4.69, 9.17) is 9.47 Å². The van der Waals surface area contributed by atoms with Gasteiger partial charge in [-0.25, -0.2) is 9.37 Å². The van der Waals surface area contributed by atoms with E-state index in [1.54, 1.807) is 0 Å². The van der Waals surface area contributed by atoms with Gasteiger partial charge in [-0.3, -0.25) is 0 Å². The fourth-order valence-electron chi connectivity index (χ4n) is 1.68. The minimum absolute atomic E-state index is 0.0739. The highest BCUT2D eigenvalue weighted by Crippen LogP contribution is 2.12. The smallest absolute Gasteiger partial charge is 0.224 e. The van der Waals surface area contributed by atoms with E-state index in [1.165, 1.54) is 0 Å². The number of anilines is 2. The van der Waals surface area contributed by atoms with Crippen molar-refractivity contribution < 1.29 is 13.9 Å². The number of nitrogens with one attached hydrogen (secondary N) is 2. The number of hydrogen-bond donors (Lipinski definition) is 2. The van der Waals surface area contributed by atoms with Crippen LogP contribution in [0.4, 0.5) is 16.2 Å². The molecule has 2 rings (SSSR count). The zero-order chi connectivity index (χ0) is 13.5. The monoisotopic (exact) mass is 270 g/mol. The summed E-state index contributed by atoms with van der Waals surface area (Å²) in [5.74, 6) is 0.133. The average molecular weight is 270 g/mol. The molecule has 1 fully saturated rings. The first-order valence-corrected chi connectivity index (χ1v) is 6.49. The van der Waals surface area contributed by atoms with Gasteiger partial charge >= 0.3 is 0 Å². The third-order valence-corrected chi connectivity index (χ3v) is 2.66. The molecule has 1 aromatic heterocycles. The molecule has 0 saturated carbocycles. The van der Waals surface area contributed by atoms with Gasteiger partial charge in [-0.1, -0.05) is 6.92 Å². The fourth-order valence-corrected chi connectivity index (χ4v) is 1.68. The molecule has 0 bridgehead atoms. The lowest BCUT2D eigenvalue weighted by Crippen LogP contribution is -2.34. The first kappa shape index (κ1) is 14.0. The van der Waals surface area contributed by atoms with E-state index in [0.717, 1.165) is 19.2 Å². The van der Waals surface area contributed by atoms with Crippen molar-refractivity contribution >= 4 is 11.8 Å². The summed E-state index contributed by atoms with van der Waals surface area (Å²) in [5, 5.41) is 5.94. The molecule has 6 nitrogen and oxygen atoms in total. The van der Waals surface area contributed by atoms with Crippen LogP contribution in [0.15, 0.2) is 6.20 Å². The maximum absolute atomic E-state index is 13.6. The van der Waals surface area contributed by atoms with Crippen LogP contribution >= 0.6 is 0 Å². The zero-order valence-corrected chi connectivity index (χ0v) is 11.0. The Balaban J connectivity index is 1.90. The summed E-state index contributed by atoms with van der Waals surface area (Å²) in [5.41, 5.74) is 0. The Morgan fingerprint density at radius 1 is 1.42 bits per heavy atom. The molecule has 0 aliphatic carbocycles. The SMILES string of the molecule is CCCNc1ncc(F)c(NCC2COCCO2)n1. The van der Waals surface area contributed by atoms with E-state index in [9.17, 15) is 4.39 Å². The van der Waals surface area contributed by atoms with Crippen molar-refractivity contribution in [3.05, 3.63) is 12.0 Å². The largest absolute Gasteiger partial charge is 0.376 e. The average Bonchev–Trinajstić information content (AvgIpc) is 2.46. The third-order valence-electron chi connectivity index (χ3n) is 2.66. The first-order chi connectivity index (χ1) is 9.29. The molecule has 0 aromatic carbocycles. The second-order valence-electron chi connectivity index (χ2n) is 4.27. The van der Waals surface area contributed by atoms with E-state index >= 15 is 0 Å². The van der Waals surface area contributed by atoms with E-state index in [2.05, 4.69) is 20.6 Å². The summed E-state index contributed by atoms with van der Waals surface area (Å²) in [7, 11) is 0. The fraction of sp³-hybridized carbons (Fsp3) is 0.667. The maximum Gasteiger partial charge on any atom is 0.224 e. The van der Waals surface area contributed by atoms with Gasteiger partial charge in [0.25, 0.3) is 0 Å². The van der Waals surface area contributed by atoms with Crippen LogP contribution in [0.2, 0.25) is 0 Å².